The quantitative estimate of drug-likeness (QED) is 0.561. The van der Waals surface area contributed by atoms with Crippen LogP contribution in [0.3, 0.4) is 0 Å². The maximum atomic E-state index is 13.5. The van der Waals surface area contributed by atoms with Gasteiger partial charge in [-0.25, -0.2) is 13.8 Å². The van der Waals surface area contributed by atoms with Gasteiger partial charge in [-0.3, -0.25) is 14.9 Å². The molecule has 1 amide bonds. The van der Waals surface area contributed by atoms with Crippen LogP contribution in [0.25, 0.3) is 22.7 Å². The molecule has 150 valence electrons. The summed E-state index contributed by atoms with van der Waals surface area (Å²) in [5, 5.41) is 6.98. The van der Waals surface area contributed by atoms with Gasteiger partial charge in [-0.2, -0.15) is 5.10 Å². The number of oxazole rings is 1. The van der Waals surface area contributed by atoms with Crippen molar-refractivity contribution in [3.8, 4) is 22.7 Å². The van der Waals surface area contributed by atoms with E-state index in [1.165, 1.54) is 0 Å². The second-order valence-electron chi connectivity index (χ2n) is 6.93. The summed E-state index contributed by atoms with van der Waals surface area (Å²) in [6.07, 6.45) is 3.77. The molecular formula is C21H15F2N5O2. The minimum Gasteiger partial charge on any atom is -0.441 e. The molecule has 1 N–H and O–H groups in total. The van der Waals surface area contributed by atoms with Crippen molar-refractivity contribution in [2.75, 3.05) is 6.54 Å². The van der Waals surface area contributed by atoms with Crippen molar-refractivity contribution in [1.82, 2.24) is 25.1 Å². The molecule has 0 unspecified atom stereocenters. The lowest BCUT2D eigenvalue weighted by atomic mass is 10.1. The van der Waals surface area contributed by atoms with Gasteiger partial charge in [-0.1, -0.05) is 0 Å². The zero-order chi connectivity index (χ0) is 20.7. The number of carbonyl (C=O) groups excluding carboxylic acids is 1. The van der Waals surface area contributed by atoms with Crippen molar-refractivity contribution in [3.63, 3.8) is 0 Å². The lowest BCUT2D eigenvalue weighted by Crippen LogP contribution is -2.36. The second-order valence-corrected chi connectivity index (χ2v) is 6.93. The standard InChI is InChI=1S/C21H15F2N5O2/c22-14-7-13(8-15(23)9-14)20-25-18-11-28(6-3-19(18)30-20)21(29)17-10-16(26-27-17)12-1-4-24-5-2-12/h1-2,4-5,7-10H,3,6,11H2,(H,26,27). The van der Waals surface area contributed by atoms with E-state index in [9.17, 15) is 13.6 Å². The fourth-order valence-electron chi connectivity index (χ4n) is 3.44. The van der Waals surface area contributed by atoms with Gasteiger partial charge in [0, 0.05) is 42.6 Å². The summed E-state index contributed by atoms with van der Waals surface area (Å²) in [5.41, 5.74) is 2.65. The Hall–Kier alpha value is -3.88. The van der Waals surface area contributed by atoms with Crippen LogP contribution < -0.4 is 0 Å². The minimum absolute atomic E-state index is 0.134. The Morgan fingerprint density at radius 3 is 2.60 bits per heavy atom. The second kappa shape index (κ2) is 7.18. The number of amides is 1. The van der Waals surface area contributed by atoms with Crippen LogP contribution in [0.5, 0.6) is 0 Å². The van der Waals surface area contributed by atoms with E-state index >= 15 is 0 Å². The number of carbonyl (C=O) groups is 1. The van der Waals surface area contributed by atoms with Gasteiger partial charge < -0.3 is 9.32 Å². The lowest BCUT2D eigenvalue weighted by Gasteiger charge is -2.24. The Balaban J connectivity index is 1.36. The van der Waals surface area contributed by atoms with E-state index in [4.69, 9.17) is 4.42 Å². The molecular weight excluding hydrogens is 392 g/mol. The summed E-state index contributed by atoms with van der Waals surface area (Å²) in [6, 6.07) is 8.42. The van der Waals surface area contributed by atoms with Crippen molar-refractivity contribution >= 4 is 5.91 Å². The molecule has 1 aliphatic rings. The summed E-state index contributed by atoms with van der Waals surface area (Å²) in [4.78, 5) is 22.9. The van der Waals surface area contributed by atoms with Crippen LogP contribution >= 0.6 is 0 Å². The molecule has 0 aliphatic carbocycles. The number of aromatic amines is 1. The van der Waals surface area contributed by atoms with Gasteiger partial charge in [-0.05, 0) is 30.3 Å². The molecule has 0 bridgehead atoms. The molecule has 1 aliphatic heterocycles. The van der Waals surface area contributed by atoms with E-state index in [2.05, 4.69) is 20.2 Å². The van der Waals surface area contributed by atoms with Gasteiger partial charge >= 0.3 is 0 Å². The SMILES string of the molecule is O=C(c1cc(-c2ccncc2)n[nH]1)N1CCc2oc(-c3cc(F)cc(F)c3)nc2C1. The zero-order valence-electron chi connectivity index (χ0n) is 15.6. The largest absolute Gasteiger partial charge is 0.441 e. The molecule has 5 rings (SSSR count). The van der Waals surface area contributed by atoms with E-state index in [1.54, 1.807) is 23.4 Å². The van der Waals surface area contributed by atoms with Crippen molar-refractivity contribution in [3.05, 3.63) is 77.6 Å². The fourth-order valence-corrected chi connectivity index (χ4v) is 3.44. The lowest BCUT2D eigenvalue weighted by molar-refractivity contribution is 0.0722. The first-order valence-electron chi connectivity index (χ1n) is 9.27. The van der Waals surface area contributed by atoms with Crippen LogP contribution in [0, 0.1) is 11.6 Å². The normalized spacial score (nSPS) is 13.3. The number of benzene rings is 1. The number of pyridine rings is 1. The predicted octanol–water partition coefficient (Wildman–Crippen LogP) is 3.60. The van der Waals surface area contributed by atoms with Gasteiger partial charge in [0.25, 0.3) is 5.91 Å². The van der Waals surface area contributed by atoms with E-state index < -0.39 is 11.6 Å². The smallest absolute Gasteiger partial charge is 0.272 e. The highest BCUT2D eigenvalue weighted by molar-refractivity contribution is 5.93. The van der Waals surface area contributed by atoms with Crippen LogP contribution in [0.1, 0.15) is 21.9 Å². The highest BCUT2D eigenvalue weighted by atomic mass is 19.1. The Morgan fingerprint density at radius 2 is 1.83 bits per heavy atom. The molecule has 0 saturated carbocycles. The van der Waals surface area contributed by atoms with Crippen LogP contribution in [-0.4, -0.2) is 37.5 Å². The minimum atomic E-state index is -0.706. The first-order chi connectivity index (χ1) is 14.6. The third-order valence-corrected chi connectivity index (χ3v) is 4.91. The van der Waals surface area contributed by atoms with Gasteiger partial charge in [0.2, 0.25) is 5.89 Å². The highest BCUT2D eigenvalue weighted by Crippen LogP contribution is 2.28. The molecule has 4 aromatic rings. The summed E-state index contributed by atoms with van der Waals surface area (Å²) in [6.45, 7) is 0.667. The van der Waals surface area contributed by atoms with Crippen molar-refractivity contribution in [2.24, 2.45) is 0 Å². The first-order valence-corrected chi connectivity index (χ1v) is 9.27. The Kier molecular flexibility index (Phi) is 4.35. The summed E-state index contributed by atoms with van der Waals surface area (Å²) in [5.74, 6) is -0.880. The third kappa shape index (κ3) is 3.34. The van der Waals surface area contributed by atoms with Crippen LogP contribution in [0.2, 0.25) is 0 Å². The van der Waals surface area contributed by atoms with E-state index in [0.717, 1.165) is 23.8 Å². The summed E-state index contributed by atoms with van der Waals surface area (Å²) < 4.78 is 32.7. The molecule has 1 aromatic carbocycles. The van der Waals surface area contributed by atoms with Crippen LogP contribution in [-0.2, 0) is 13.0 Å². The van der Waals surface area contributed by atoms with E-state index in [1.807, 2.05) is 12.1 Å². The molecule has 0 spiro atoms. The predicted molar refractivity (Wildman–Crippen MR) is 102 cm³/mol. The number of rotatable bonds is 3. The maximum Gasteiger partial charge on any atom is 0.272 e. The molecule has 4 heterocycles. The summed E-state index contributed by atoms with van der Waals surface area (Å²) >= 11 is 0. The average molecular weight is 407 g/mol. The molecule has 0 saturated heterocycles. The van der Waals surface area contributed by atoms with E-state index in [0.29, 0.717) is 35.8 Å². The monoisotopic (exact) mass is 407 g/mol. The van der Waals surface area contributed by atoms with Crippen molar-refractivity contribution < 1.29 is 18.0 Å². The molecule has 7 nitrogen and oxygen atoms in total. The van der Waals surface area contributed by atoms with Crippen LogP contribution in [0.4, 0.5) is 8.78 Å². The number of nitrogens with one attached hydrogen (secondary N) is 1. The number of H-pyrrole nitrogens is 1. The highest BCUT2D eigenvalue weighted by Gasteiger charge is 2.27. The molecule has 30 heavy (non-hydrogen) atoms. The number of fused-ring (bicyclic) bond motifs is 1. The Bertz CT molecular complexity index is 1220. The molecule has 0 fully saturated rings. The van der Waals surface area contributed by atoms with Gasteiger partial charge in [0.05, 0.1) is 12.2 Å². The number of hydrogen-bond donors (Lipinski definition) is 1. The van der Waals surface area contributed by atoms with Crippen LogP contribution in [0.15, 0.2) is 53.2 Å². The van der Waals surface area contributed by atoms with Gasteiger partial charge in [-0.15, -0.1) is 0 Å². The van der Waals surface area contributed by atoms with Crippen molar-refractivity contribution in [2.45, 2.75) is 13.0 Å². The Labute approximate surface area is 169 Å². The van der Waals surface area contributed by atoms with Gasteiger partial charge in [0.15, 0.2) is 0 Å². The Morgan fingerprint density at radius 1 is 1.07 bits per heavy atom. The summed E-state index contributed by atoms with van der Waals surface area (Å²) in [7, 11) is 0. The number of nitrogens with zero attached hydrogens (tertiary/aromatic N) is 4. The molecule has 3 aromatic heterocycles. The number of halogens is 2. The third-order valence-electron chi connectivity index (χ3n) is 4.91. The van der Waals surface area contributed by atoms with Crippen molar-refractivity contribution in [1.29, 1.82) is 0 Å². The molecule has 0 atom stereocenters. The first kappa shape index (κ1) is 18.2. The van der Waals surface area contributed by atoms with E-state index in [-0.39, 0.29) is 23.9 Å². The molecule has 0 radical (unpaired) electrons. The molecule has 9 heteroatoms. The maximum absolute atomic E-state index is 13.5. The topological polar surface area (TPSA) is 87.9 Å². The van der Waals surface area contributed by atoms with Gasteiger partial charge in [0.1, 0.15) is 28.8 Å². The fraction of sp³-hybridized carbons (Fsp3) is 0.143. The number of aromatic nitrogens is 4. The number of hydrogen-bond acceptors (Lipinski definition) is 5. The average Bonchev–Trinajstić information content (AvgIpc) is 3.40. The zero-order valence-corrected chi connectivity index (χ0v) is 15.6.